The Labute approximate surface area is 99.0 Å². The van der Waals surface area contributed by atoms with Gasteiger partial charge in [0.25, 0.3) is 0 Å². The lowest BCUT2D eigenvalue weighted by Gasteiger charge is -2.08. The first-order valence-electron chi connectivity index (χ1n) is 5.31. The monoisotopic (exact) mass is 227 g/mol. The molecule has 0 unspecified atom stereocenters. The SMILES string of the molecule is CC(=O)c1nn(-c2ccccc2)c(=N)cc1C. The normalized spacial score (nSPS) is 10.2. The molecule has 0 saturated carbocycles. The third-order valence-corrected chi connectivity index (χ3v) is 2.49. The molecule has 0 bridgehead atoms. The van der Waals surface area contributed by atoms with Gasteiger partial charge in [-0.15, -0.1) is 0 Å². The van der Waals surface area contributed by atoms with Crippen LogP contribution in [0.15, 0.2) is 36.4 Å². The summed E-state index contributed by atoms with van der Waals surface area (Å²) in [6, 6.07) is 11.0. The summed E-state index contributed by atoms with van der Waals surface area (Å²) >= 11 is 0. The van der Waals surface area contributed by atoms with Crippen LogP contribution in [-0.4, -0.2) is 15.6 Å². The lowest BCUT2D eigenvalue weighted by atomic mass is 10.2. The molecule has 0 fully saturated rings. The summed E-state index contributed by atoms with van der Waals surface area (Å²) in [5.74, 6) is -0.0906. The summed E-state index contributed by atoms with van der Waals surface area (Å²) in [5, 5.41) is 12.1. The van der Waals surface area contributed by atoms with E-state index in [0.717, 1.165) is 11.3 Å². The Kier molecular flexibility index (Phi) is 2.87. The molecule has 0 atom stereocenters. The molecule has 1 aromatic heterocycles. The van der Waals surface area contributed by atoms with Gasteiger partial charge in [0.05, 0.1) is 5.69 Å². The van der Waals surface area contributed by atoms with Crippen molar-refractivity contribution >= 4 is 5.78 Å². The summed E-state index contributed by atoms with van der Waals surface area (Å²) < 4.78 is 1.46. The number of benzene rings is 1. The molecule has 1 heterocycles. The molecule has 0 amide bonds. The molecule has 0 spiro atoms. The van der Waals surface area contributed by atoms with Crippen LogP contribution in [0.1, 0.15) is 23.0 Å². The van der Waals surface area contributed by atoms with Crippen LogP contribution in [0.2, 0.25) is 0 Å². The number of nitrogens with zero attached hydrogens (tertiary/aromatic N) is 2. The van der Waals surface area contributed by atoms with Gasteiger partial charge in [0.15, 0.2) is 5.78 Å². The Morgan fingerprint density at radius 2 is 1.94 bits per heavy atom. The number of aryl methyl sites for hydroxylation is 1. The van der Waals surface area contributed by atoms with Crippen LogP contribution in [-0.2, 0) is 0 Å². The molecule has 4 heteroatoms. The Balaban J connectivity index is 2.67. The highest BCUT2D eigenvalue weighted by atomic mass is 16.1. The van der Waals surface area contributed by atoms with Crippen LogP contribution in [0.25, 0.3) is 5.69 Å². The van der Waals surface area contributed by atoms with Crippen LogP contribution in [0, 0.1) is 12.3 Å². The third kappa shape index (κ3) is 2.15. The zero-order valence-electron chi connectivity index (χ0n) is 9.77. The first-order valence-corrected chi connectivity index (χ1v) is 5.31. The van der Waals surface area contributed by atoms with Crippen LogP contribution in [0.5, 0.6) is 0 Å². The summed E-state index contributed by atoms with van der Waals surface area (Å²) in [4.78, 5) is 11.4. The van der Waals surface area contributed by atoms with Crippen molar-refractivity contribution in [3.05, 3.63) is 53.1 Å². The van der Waals surface area contributed by atoms with E-state index in [0.29, 0.717) is 5.69 Å². The molecule has 4 nitrogen and oxygen atoms in total. The van der Waals surface area contributed by atoms with Gasteiger partial charge >= 0.3 is 0 Å². The fraction of sp³-hybridized carbons (Fsp3) is 0.154. The predicted octanol–water partition coefficient (Wildman–Crippen LogP) is 1.86. The maximum absolute atomic E-state index is 11.4. The molecule has 0 saturated heterocycles. The number of ketones is 1. The van der Waals surface area contributed by atoms with Crippen LogP contribution >= 0.6 is 0 Å². The molecular formula is C13H13N3O. The topological polar surface area (TPSA) is 58.7 Å². The molecule has 1 aromatic carbocycles. The standard InChI is InChI=1S/C13H13N3O/c1-9-8-12(14)16(15-13(9)10(2)17)11-6-4-3-5-7-11/h3-8,14H,1-2H3. The quantitative estimate of drug-likeness (QED) is 0.796. The van der Waals surface area contributed by atoms with Crippen LogP contribution in [0.4, 0.5) is 0 Å². The second kappa shape index (κ2) is 4.33. The molecular weight excluding hydrogens is 214 g/mol. The average molecular weight is 227 g/mol. The molecule has 86 valence electrons. The maximum atomic E-state index is 11.4. The lowest BCUT2D eigenvalue weighted by molar-refractivity contribution is 0.101. The van der Waals surface area contributed by atoms with E-state index in [1.807, 2.05) is 30.3 Å². The fourth-order valence-corrected chi connectivity index (χ4v) is 1.68. The van der Waals surface area contributed by atoms with Gasteiger partial charge in [-0.1, -0.05) is 18.2 Å². The van der Waals surface area contributed by atoms with E-state index in [4.69, 9.17) is 5.41 Å². The van der Waals surface area contributed by atoms with Crippen molar-refractivity contribution < 1.29 is 4.79 Å². The van der Waals surface area contributed by atoms with E-state index < -0.39 is 0 Å². The minimum Gasteiger partial charge on any atom is -0.293 e. The Hall–Kier alpha value is -2.23. The van der Waals surface area contributed by atoms with Crippen LogP contribution in [0.3, 0.4) is 0 Å². The molecule has 0 aliphatic rings. The molecule has 0 radical (unpaired) electrons. The number of para-hydroxylation sites is 1. The lowest BCUT2D eigenvalue weighted by Crippen LogP contribution is -2.24. The fourth-order valence-electron chi connectivity index (χ4n) is 1.68. The number of carbonyl (C=O) groups excluding carboxylic acids is 1. The van der Waals surface area contributed by atoms with Crippen molar-refractivity contribution in [2.75, 3.05) is 0 Å². The number of nitrogens with one attached hydrogen (secondary N) is 1. The minimum absolute atomic E-state index is 0.0906. The van der Waals surface area contributed by atoms with Crippen molar-refractivity contribution in [2.24, 2.45) is 0 Å². The number of carbonyl (C=O) groups is 1. The predicted molar refractivity (Wildman–Crippen MR) is 64.2 cm³/mol. The van der Waals surface area contributed by atoms with Gasteiger partial charge in [0.1, 0.15) is 11.2 Å². The van der Waals surface area contributed by atoms with Crippen molar-refractivity contribution in [2.45, 2.75) is 13.8 Å². The number of aromatic nitrogens is 2. The largest absolute Gasteiger partial charge is 0.293 e. The van der Waals surface area contributed by atoms with Gasteiger partial charge in [0, 0.05) is 6.92 Å². The van der Waals surface area contributed by atoms with E-state index in [-0.39, 0.29) is 11.3 Å². The Morgan fingerprint density at radius 3 is 2.53 bits per heavy atom. The second-order valence-corrected chi connectivity index (χ2v) is 3.86. The summed E-state index contributed by atoms with van der Waals surface area (Å²) in [5.41, 5.74) is 2.18. The molecule has 2 aromatic rings. The summed E-state index contributed by atoms with van der Waals surface area (Å²) in [7, 11) is 0. The van der Waals surface area contributed by atoms with Crippen molar-refractivity contribution in [3.8, 4) is 5.69 Å². The van der Waals surface area contributed by atoms with Crippen molar-refractivity contribution in [1.82, 2.24) is 9.78 Å². The first-order chi connectivity index (χ1) is 8.09. The van der Waals surface area contributed by atoms with E-state index in [9.17, 15) is 4.79 Å². The third-order valence-electron chi connectivity index (χ3n) is 2.49. The number of hydrogen-bond acceptors (Lipinski definition) is 3. The van der Waals surface area contributed by atoms with Crippen LogP contribution < -0.4 is 5.49 Å². The summed E-state index contributed by atoms with van der Waals surface area (Å²) in [6.07, 6.45) is 0. The van der Waals surface area contributed by atoms with Gasteiger partial charge in [-0.05, 0) is 30.7 Å². The number of Topliss-reactive ketones (excluding diaryl/α,β-unsaturated/α-hetero) is 1. The molecule has 17 heavy (non-hydrogen) atoms. The van der Waals surface area contributed by atoms with E-state index >= 15 is 0 Å². The van der Waals surface area contributed by atoms with Gasteiger partial charge in [-0.2, -0.15) is 5.10 Å². The van der Waals surface area contributed by atoms with Gasteiger partial charge in [-0.25, -0.2) is 4.68 Å². The molecule has 0 aliphatic carbocycles. The second-order valence-electron chi connectivity index (χ2n) is 3.86. The van der Waals surface area contributed by atoms with E-state index in [2.05, 4.69) is 5.10 Å². The van der Waals surface area contributed by atoms with Gasteiger partial charge in [0.2, 0.25) is 0 Å². The Morgan fingerprint density at radius 1 is 1.29 bits per heavy atom. The van der Waals surface area contributed by atoms with Crippen molar-refractivity contribution in [3.63, 3.8) is 0 Å². The highest BCUT2D eigenvalue weighted by molar-refractivity contribution is 5.93. The zero-order valence-corrected chi connectivity index (χ0v) is 9.77. The number of rotatable bonds is 2. The van der Waals surface area contributed by atoms with Crippen molar-refractivity contribution in [1.29, 1.82) is 5.41 Å². The minimum atomic E-state index is -0.0906. The Bertz CT molecular complexity index is 614. The van der Waals surface area contributed by atoms with E-state index in [1.165, 1.54) is 11.6 Å². The van der Waals surface area contributed by atoms with Gasteiger partial charge < -0.3 is 0 Å². The zero-order chi connectivity index (χ0) is 12.4. The highest BCUT2D eigenvalue weighted by Gasteiger charge is 2.08. The smallest absolute Gasteiger partial charge is 0.180 e. The average Bonchev–Trinajstić information content (AvgIpc) is 2.29. The molecule has 1 N–H and O–H groups in total. The first kappa shape index (κ1) is 11.3. The number of hydrogen-bond donors (Lipinski definition) is 1. The molecule has 2 rings (SSSR count). The van der Waals surface area contributed by atoms with Gasteiger partial charge in [-0.3, -0.25) is 10.2 Å². The maximum Gasteiger partial charge on any atom is 0.180 e. The highest BCUT2D eigenvalue weighted by Crippen LogP contribution is 2.06. The van der Waals surface area contributed by atoms with E-state index in [1.54, 1.807) is 13.0 Å². The molecule has 0 aliphatic heterocycles. The summed E-state index contributed by atoms with van der Waals surface area (Å²) in [6.45, 7) is 3.27.